The molecule has 1 saturated carbocycles. The monoisotopic (exact) mass is 499 g/mol. The van der Waals surface area contributed by atoms with Crippen LogP contribution in [0.15, 0.2) is 61.3 Å². The van der Waals surface area contributed by atoms with Crippen LogP contribution in [0.1, 0.15) is 24.0 Å². The number of hydrogen-bond donors (Lipinski definition) is 1. The maximum absolute atomic E-state index is 13.8. The highest BCUT2D eigenvalue weighted by Crippen LogP contribution is 2.38. The first-order valence-corrected chi connectivity index (χ1v) is 12.2. The standard InChI is InChI=1S/C28H29N5O4/c1-4-22(34)11-19-7-5-6-8-25(19)30-27-29-15-20-17-32(21-12-23(36-2)14-24(13-21)37-3)28(35)33(26(20)31-27)16-18-9-10-18/h4-8,12-15,18H,1,9-11,16-17H2,2-3H3,(H,29,30,31). The van der Waals surface area contributed by atoms with E-state index in [1.165, 1.54) is 6.08 Å². The number of fused-ring (bicyclic) bond motifs is 1. The van der Waals surface area contributed by atoms with Gasteiger partial charge in [-0.2, -0.15) is 4.98 Å². The second-order valence-electron chi connectivity index (χ2n) is 9.17. The number of carbonyl (C=O) groups is 2. The lowest BCUT2D eigenvalue weighted by molar-refractivity contribution is -0.114. The van der Waals surface area contributed by atoms with Crippen LogP contribution in [0.3, 0.4) is 0 Å². The van der Waals surface area contributed by atoms with Crippen LogP contribution in [0.5, 0.6) is 11.5 Å². The highest BCUT2D eigenvalue weighted by molar-refractivity contribution is 6.05. The molecule has 1 fully saturated rings. The number of para-hydroxylation sites is 1. The zero-order valence-corrected chi connectivity index (χ0v) is 20.9. The van der Waals surface area contributed by atoms with Crippen LogP contribution in [0, 0.1) is 5.92 Å². The molecule has 1 aliphatic carbocycles. The molecule has 37 heavy (non-hydrogen) atoms. The van der Waals surface area contributed by atoms with E-state index in [0.717, 1.165) is 29.7 Å². The van der Waals surface area contributed by atoms with Crippen molar-refractivity contribution in [3.8, 4) is 11.5 Å². The molecule has 0 spiro atoms. The van der Waals surface area contributed by atoms with Gasteiger partial charge in [0.25, 0.3) is 0 Å². The summed E-state index contributed by atoms with van der Waals surface area (Å²) < 4.78 is 10.8. The Morgan fingerprint density at radius 1 is 1.16 bits per heavy atom. The first-order chi connectivity index (χ1) is 18.0. The zero-order chi connectivity index (χ0) is 25.9. The van der Waals surface area contributed by atoms with Crippen molar-refractivity contribution in [2.45, 2.75) is 25.8 Å². The molecule has 0 atom stereocenters. The Morgan fingerprint density at radius 2 is 1.89 bits per heavy atom. The Balaban J connectivity index is 1.48. The van der Waals surface area contributed by atoms with Gasteiger partial charge in [0.1, 0.15) is 17.3 Å². The van der Waals surface area contributed by atoms with E-state index >= 15 is 0 Å². The molecular formula is C28H29N5O4. The second-order valence-corrected chi connectivity index (χ2v) is 9.17. The van der Waals surface area contributed by atoms with Gasteiger partial charge in [0.05, 0.1) is 26.5 Å². The Morgan fingerprint density at radius 3 is 2.57 bits per heavy atom. The lowest BCUT2D eigenvalue weighted by Crippen LogP contribution is -2.48. The molecule has 0 bridgehead atoms. The van der Waals surface area contributed by atoms with Gasteiger partial charge in [-0.15, -0.1) is 0 Å². The van der Waals surface area contributed by atoms with Crippen LogP contribution in [0.4, 0.5) is 27.9 Å². The van der Waals surface area contributed by atoms with Crippen molar-refractivity contribution in [1.29, 1.82) is 0 Å². The van der Waals surface area contributed by atoms with E-state index in [-0.39, 0.29) is 18.2 Å². The van der Waals surface area contributed by atoms with Crippen LogP contribution >= 0.6 is 0 Å². The summed E-state index contributed by atoms with van der Waals surface area (Å²) in [4.78, 5) is 38.5. The van der Waals surface area contributed by atoms with Crippen LogP contribution in [-0.2, 0) is 17.8 Å². The molecular weight excluding hydrogens is 470 g/mol. The van der Waals surface area contributed by atoms with Gasteiger partial charge in [-0.25, -0.2) is 9.78 Å². The van der Waals surface area contributed by atoms with Crippen molar-refractivity contribution in [2.75, 3.05) is 35.9 Å². The molecule has 9 nitrogen and oxygen atoms in total. The van der Waals surface area contributed by atoms with Crippen molar-refractivity contribution in [1.82, 2.24) is 9.97 Å². The Hall–Kier alpha value is -4.40. The fourth-order valence-electron chi connectivity index (χ4n) is 4.33. The van der Waals surface area contributed by atoms with Crippen LogP contribution in [0.25, 0.3) is 0 Å². The molecule has 1 N–H and O–H groups in total. The van der Waals surface area contributed by atoms with Crippen molar-refractivity contribution in [3.63, 3.8) is 0 Å². The lowest BCUT2D eigenvalue weighted by atomic mass is 10.1. The molecule has 9 heteroatoms. The molecule has 0 radical (unpaired) electrons. The van der Waals surface area contributed by atoms with Crippen molar-refractivity contribution < 1.29 is 19.1 Å². The maximum Gasteiger partial charge on any atom is 0.330 e. The number of urea groups is 1. The minimum absolute atomic E-state index is 0.0731. The van der Waals surface area contributed by atoms with Gasteiger partial charge in [-0.05, 0) is 36.5 Å². The molecule has 2 heterocycles. The number of methoxy groups -OCH3 is 2. The summed E-state index contributed by atoms with van der Waals surface area (Å²) in [5, 5.41) is 3.24. The van der Waals surface area contributed by atoms with Gasteiger partial charge in [-0.1, -0.05) is 24.8 Å². The van der Waals surface area contributed by atoms with Gasteiger partial charge in [0, 0.05) is 48.6 Å². The highest BCUT2D eigenvalue weighted by Gasteiger charge is 2.37. The summed E-state index contributed by atoms with van der Waals surface area (Å²) in [5.41, 5.74) is 3.06. The molecule has 1 aliphatic heterocycles. The summed E-state index contributed by atoms with van der Waals surface area (Å²) in [6.07, 6.45) is 5.47. The Kier molecular flexibility index (Phi) is 6.76. The maximum atomic E-state index is 13.8. The smallest absolute Gasteiger partial charge is 0.330 e. The summed E-state index contributed by atoms with van der Waals surface area (Å²) in [6.45, 7) is 4.46. The first kappa shape index (κ1) is 24.3. The summed E-state index contributed by atoms with van der Waals surface area (Å²) in [7, 11) is 3.16. The third kappa shape index (κ3) is 5.25. The SMILES string of the molecule is C=CC(=O)Cc1ccccc1Nc1ncc2c(n1)N(CC1CC1)C(=O)N(c1cc(OC)cc(OC)c1)C2. The van der Waals surface area contributed by atoms with Gasteiger partial charge in [0.2, 0.25) is 5.95 Å². The van der Waals surface area contributed by atoms with Crippen LogP contribution < -0.4 is 24.6 Å². The Labute approximate surface area is 215 Å². The summed E-state index contributed by atoms with van der Waals surface area (Å²) >= 11 is 0. The molecule has 3 aromatic rings. The number of amides is 2. The predicted octanol–water partition coefficient (Wildman–Crippen LogP) is 4.89. The minimum Gasteiger partial charge on any atom is -0.497 e. The third-order valence-corrected chi connectivity index (χ3v) is 6.53. The number of ketones is 1. The van der Waals surface area contributed by atoms with E-state index in [1.54, 1.807) is 36.3 Å². The van der Waals surface area contributed by atoms with Crippen LogP contribution in [0.2, 0.25) is 0 Å². The van der Waals surface area contributed by atoms with Crippen molar-refractivity contribution >= 4 is 35.0 Å². The van der Waals surface area contributed by atoms with Gasteiger partial charge in [-0.3, -0.25) is 14.6 Å². The van der Waals surface area contributed by atoms with E-state index in [0.29, 0.717) is 48.0 Å². The molecule has 2 aromatic carbocycles. The number of hydrogen-bond acceptors (Lipinski definition) is 7. The number of aromatic nitrogens is 2. The average Bonchev–Trinajstić information content (AvgIpc) is 3.75. The van der Waals surface area contributed by atoms with Crippen LogP contribution in [-0.4, -0.2) is 42.5 Å². The summed E-state index contributed by atoms with van der Waals surface area (Å²) in [5.74, 6) is 2.55. The molecule has 190 valence electrons. The number of allylic oxidation sites excluding steroid dienone is 1. The number of carbonyl (C=O) groups excluding carboxylic acids is 2. The van der Waals surface area contributed by atoms with Crippen molar-refractivity contribution in [2.24, 2.45) is 5.92 Å². The summed E-state index contributed by atoms with van der Waals surface area (Å²) in [6, 6.07) is 12.8. The average molecular weight is 500 g/mol. The lowest BCUT2D eigenvalue weighted by Gasteiger charge is -2.36. The zero-order valence-electron chi connectivity index (χ0n) is 20.9. The molecule has 2 amide bonds. The van der Waals surface area contributed by atoms with E-state index in [1.807, 2.05) is 36.4 Å². The third-order valence-electron chi connectivity index (χ3n) is 6.53. The normalized spacial score (nSPS) is 14.7. The number of anilines is 4. The topological polar surface area (TPSA) is 96.9 Å². The number of rotatable bonds is 10. The van der Waals surface area contributed by atoms with E-state index < -0.39 is 0 Å². The Bertz CT molecular complexity index is 1330. The molecule has 0 unspecified atom stereocenters. The fraction of sp³-hybridized carbons (Fsp3) is 0.286. The molecule has 1 aromatic heterocycles. The van der Waals surface area contributed by atoms with Gasteiger partial charge < -0.3 is 14.8 Å². The second kappa shape index (κ2) is 10.3. The van der Waals surface area contributed by atoms with E-state index in [9.17, 15) is 9.59 Å². The number of nitrogens with one attached hydrogen (secondary N) is 1. The number of benzene rings is 2. The predicted molar refractivity (Wildman–Crippen MR) is 142 cm³/mol. The molecule has 5 rings (SSSR count). The minimum atomic E-state index is -0.156. The van der Waals surface area contributed by atoms with Gasteiger partial charge in [0.15, 0.2) is 5.78 Å². The van der Waals surface area contributed by atoms with Crippen molar-refractivity contribution in [3.05, 3.63) is 72.4 Å². The highest BCUT2D eigenvalue weighted by atomic mass is 16.5. The fourth-order valence-corrected chi connectivity index (χ4v) is 4.33. The number of ether oxygens (including phenoxy) is 2. The largest absolute Gasteiger partial charge is 0.497 e. The first-order valence-electron chi connectivity index (χ1n) is 12.2. The molecule has 2 aliphatic rings. The van der Waals surface area contributed by atoms with Gasteiger partial charge >= 0.3 is 6.03 Å². The molecule has 0 saturated heterocycles. The van der Waals surface area contributed by atoms with E-state index in [4.69, 9.17) is 14.5 Å². The number of nitrogens with zero attached hydrogens (tertiary/aromatic N) is 4. The van der Waals surface area contributed by atoms with E-state index in [2.05, 4.69) is 16.9 Å². The quantitative estimate of drug-likeness (QED) is 0.397.